The lowest BCUT2D eigenvalue weighted by Crippen LogP contribution is -2.20. The minimum absolute atomic E-state index is 0.466. The van der Waals surface area contributed by atoms with Crippen LogP contribution in [0.4, 0.5) is 0 Å². The summed E-state index contributed by atoms with van der Waals surface area (Å²) < 4.78 is 12.5. The predicted octanol–water partition coefficient (Wildman–Crippen LogP) is 2.38. The van der Waals surface area contributed by atoms with Crippen molar-refractivity contribution < 1.29 is 9.26 Å². The van der Waals surface area contributed by atoms with E-state index in [0.29, 0.717) is 26.3 Å². The van der Waals surface area contributed by atoms with Crippen molar-refractivity contribution in [1.82, 2.24) is 9.55 Å². The van der Waals surface area contributed by atoms with E-state index in [0.717, 1.165) is 16.9 Å². The highest BCUT2D eigenvalue weighted by atomic mass is 127. The minimum atomic E-state index is 0.466. The standard InChI is InChI=1S/C11H17IN3O2P/c1-9(2)15-8-14-10(6-11(15)13-3)7-16-4-5-17-18-12/h6,8,18H,1,4-5,7H2,2-3H3. The van der Waals surface area contributed by atoms with Crippen LogP contribution in [0.25, 0.3) is 5.70 Å². The zero-order chi connectivity index (χ0) is 13.4. The molecule has 0 saturated carbocycles. The molecule has 0 aliphatic rings. The van der Waals surface area contributed by atoms with Gasteiger partial charge in [-0.1, -0.05) is 6.58 Å². The van der Waals surface area contributed by atoms with Crippen LogP contribution in [0.1, 0.15) is 12.6 Å². The van der Waals surface area contributed by atoms with Gasteiger partial charge in [-0.15, -0.1) is 0 Å². The Kier molecular flexibility index (Phi) is 7.65. The van der Waals surface area contributed by atoms with Crippen molar-refractivity contribution in [2.75, 3.05) is 20.3 Å². The van der Waals surface area contributed by atoms with Crippen LogP contribution in [-0.4, -0.2) is 29.8 Å². The summed E-state index contributed by atoms with van der Waals surface area (Å²) in [7, 11) is 1.74. The first-order valence-corrected chi connectivity index (χ1v) is 9.42. The number of allylic oxidation sites excluding steroid dienone is 1. The third-order valence-corrected chi connectivity index (χ3v) is 3.40. The van der Waals surface area contributed by atoms with E-state index in [1.165, 1.54) is 0 Å². The van der Waals surface area contributed by atoms with Gasteiger partial charge in [0.1, 0.15) is 11.8 Å². The van der Waals surface area contributed by atoms with Gasteiger partial charge >= 0.3 is 0 Å². The number of aromatic nitrogens is 2. The average molecular weight is 381 g/mol. The van der Waals surface area contributed by atoms with Crippen LogP contribution in [0, 0.1) is 0 Å². The zero-order valence-electron chi connectivity index (χ0n) is 10.5. The smallest absolute Gasteiger partial charge is 0.134 e. The van der Waals surface area contributed by atoms with E-state index in [1.54, 1.807) is 13.4 Å². The van der Waals surface area contributed by atoms with Crippen LogP contribution in [0.5, 0.6) is 0 Å². The number of ether oxygens (including phenoxy) is 1. The van der Waals surface area contributed by atoms with Gasteiger partial charge in [-0.25, -0.2) is 4.98 Å². The Morgan fingerprint density at radius 3 is 3.00 bits per heavy atom. The highest BCUT2D eigenvalue weighted by Gasteiger charge is 1.99. The highest BCUT2D eigenvalue weighted by Crippen LogP contribution is 2.20. The molecule has 5 nitrogen and oxygen atoms in total. The van der Waals surface area contributed by atoms with Crippen LogP contribution >= 0.6 is 28.5 Å². The fourth-order valence-corrected chi connectivity index (χ4v) is 2.13. The highest BCUT2D eigenvalue weighted by molar-refractivity contribution is 14.2. The molecule has 0 radical (unpaired) electrons. The Hall–Kier alpha value is -0.300. The number of hydrogen-bond donors (Lipinski definition) is 0. The maximum absolute atomic E-state index is 5.46. The van der Waals surface area contributed by atoms with Crippen molar-refractivity contribution >= 4 is 34.2 Å². The van der Waals surface area contributed by atoms with Gasteiger partial charge in [-0.3, -0.25) is 9.56 Å². The molecule has 100 valence electrons. The fraction of sp³-hybridized carbons (Fsp3) is 0.455. The van der Waals surface area contributed by atoms with Crippen molar-refractivity contribution in [3.05, 3.63) is 30.2 Å². The maximum Gasteiger partial charge on any atom is 0.134 e. The fourth-order valence-electron chi connectivity index (χ4n) is 1.31. The van der Waals surface area contributed by atoms with E-state index in [-0.39, 0.29) is 0 Å². The Balaban J connectivity index is 2.61. The quantitative estimate of drug-likeness (QED) is 0.414. The molecule has 0 aliphatic carbocycles. The molecule has 1 aromatic heterocycles. The average Bonchev–Trinajstić information content (AvgIpc) is 2.38. The molecule has 1 aromatic rings. The van der Waals surface area contributed by atoms with Gasteiger partial charge in [-0.2, -0.15) is 0 Å². The van der Waals surface area contributed by atoms with E-state index in [4.69, 9.17) is 9.26 Å². The summed E-state index contributed by atoms with van der Waals surface area (Å²) >= 11 is 2.18. The van der Waals surface area contributed by atoms with Crippen LogP contribution in [-0.2, 0) is 15.9 Å². The molecule has 0 saturated heterocycles. The van der Waals surface area contributed by atoms with Crippen molar-refractivity contribution in [3.63, 3.8) is 0 Å². The number of nitrogens with zero attached hydrogens (tertiary/aromatic N) is 3. The van der Waals surface area contributed by atoms with Gasteiger partial charge in [0.2, 0.25) is 0 Å². The second-order valence-electron chi connectivity index (χ2n) is 3.55. The van der Waals surface area contributed by atoms with Crippen molar-refractivity contribution in [3.8, 4) is 0 Å². The second kappa shape index (κ2) is 8.74. The third-order valence-electron chi connectivity index (χ3n) is 2.16. The molecule has 0 N–H and O–H groups in total. The van der Waals surface area contributed by atoms with Crippen molar-refractivity contribution in [1.29, 1.82) is 0 Å². The zero-order valence-corrected chi connectivity index (χ0v) is 13.7. The molecular formula is C11H17IN3O2P. The van der Waals surface area contributed by atoms with Gasteiger partial charge in [0.15, 0.2) is 0 Å². The van der Waals surface area contributed by atoms with Gasteiger partial charge in [0.25, 0.3) is 0 Å². The number of rotatable bonds is 7. The summed E-state index contributed by atoms with van der Waals surface area (Å²) in [5.41, 5.74) is 2.55. The molecule has 0 aliphatic heterocycles. The van der Waals surface area contributed by atoms with Crippen molar-refractivity contribution in [2.45, 2.75) is 13.5 Å². The molecular weight excluding hydrogens is 364 g/mol. The first-order chi connectivity index (χ1) is 8.69. The maximum atomic E-state index is 5.46. The molecule has 0 amide bonds. The molecule has 1 atom stereocenters. The van der Waals surface area contributed by atoms with Gasteiger partial charge in [0, 0.05) is 18.8 Å². The Morgan fingerprint density at radius 1 is 1.61 bits per heavy atom. The molecule has 0 aromatic carbocycles. The van der Waals surface area contributed by atoms with Crippen LogP contribution in [0.3, 0.4) is 0 Å². The first kappa shape index (κ1) is 15.8. The third kappa shape index (κ3) is 5.14. The summed E-state index contributed by atoms with van der Waals surface area (Å²) in [5.74, 6) is 0. The molecule has 1 heterocycles. The molecule has 1 rings (SSSR count). The van der Waals surface area contributed by atoms with Crippen molar-refractivity contribution in [2.24, 2.45) is 4.99 Å². The first-order valence-electron chi connectivity index (χ1n) is 5.40. The molecule has 1 unspecified atom stereocenters. The molecule has 0 bridgehead atoms. The summed E-state index contributed by atoms with van der Waals surface area (Å²) in [6.07, 6.45) is 1.71. The van der Waals surface area contributed by atoms with E-state index in [1.807, 2.05) is 17.6 Å². The Morgan fingerprint density at radius 2 is 2.39 bits per heavy atom. The summed E-state index contributed by atoms with van der Waals surface area (Å²) in [5, 5.41) is 0. The predicted molar refractivity (Wildman–Crippen MR) is 82.7 cm³/mol. The summed E-state index contributed by atoms with van der Waals surface area (Å²) in [6, 6.07) is 1.90. The molecule has 0 fully saturated rings. The van der Waals surface area contributed by atoms with Crippen LogP contribution in [0.2, 0.25) is 0 Å². The molecule has 18 heavy (non-hydrogen) atoms. The molecule has 0 spiro atoms. The van der Waals surface area contributed by atoms with Crippen LogP contribution < -0.4 is 5.49 Å². The van der Waals surface area contributed by atoms with E-state index in [2.05, 4.69) is 38.6 Å². The van der Waals surface area contributed by atoms with E-state index < -0.39 is 0 Å². The summed E-state index contributed by atoms with van der Waals surface area (Å²) in [6.45, 7) is 7.92. The lowest BCUT2D eigenvalue weighted by molar-refractivity contribution is 0.0923. The number of hydrogen-bond acceptors (Lipinski definition) is 4. The van der Waals surface area contributed by atoms with Gasteiger partial charge in [-0.05, 0) is 29.0 Å². The lowest BCUT2D eigenvalue weighted by Gasteiger charge is -2.08. The van der Waals surface area contributed by atoms with Gasteiger partial charge < -0.3 is 9.26 Å². The lowest BCUT2D eigenvalue weighted by atomic mass is 10.4. The monoisotopic (exact) mass is 381 g/mol. The van der Waals surface area contributed by atoms with Gasteiger partial charge in [0.05, 0.1) is 32.0 Å². The normalized spacial score (nSPS) is 12.5. The SMILES string of the molecule is C=C(C)n1cnc(COCCOPI)cc1=NC. The van der Waals surface area contributed by atoms with E-state index >= 15 is 0 Å². The minimum Gasteiger partial charge on any atom is -0.373 e. The second-order valence-corrected chi connectivity index (χ2v) is 5.31. The topological polar surface area (TPSA) is 48.6 Å². The molecule has 7 heteroatoms. The summed E-state index contributed by atoms with van der Waals surface area (Å²) in [4.78, 5) is 8.50. The Labute approximate surface area is 122 Å². The number of halogens is 1. The Bertz CT molecular complexity index is 462. The van der Waals surface area contributed by atoms with Crippen LogP contribution in [0.15, 0.2) is 24.0 Å². The largest absolute Gasteiger partial charge is 0.373 e. The van der Waals surface area contributed by atoms with E-state index in [9.17, 15) is 0 Å².